The summed E-state index contributed by atoms with van der Waals surface area (Å²) in [4.78, 5) is 0. The lowest BCUT2D eigenvalue weighted by Gasteiger charge is -2.18. The minimum Gasteiger partial charge on any atom is -0.0599 e. The molecule has 0 N–H and O–H groups in total. The van der Waals surface area contributed by atoms with Crippen LogP contribution >= 0.6 is 0 Å². The first-order valence-electron chi connectivity index (χ1n) is 5.74. The number of aryl methyl sites for hydroxylation is 2. The molecule has 0 saturated heterocycles. The summed E-state index contributed by atoms with van der Waals surface area (Å²) in [6, 6.07) is 5.85. The summed E-state index contributed by atoms with van der Waals surface area (Å²) >= 11 is 0. The highest BCUT2D eigenvalue weighted by Crippen LogP contribution is 2.21. The monoisotopic (exact) mass is 178 g/mol. The molecule has 0 saturated carbocycles. The molecule has 0 amide bonds. The molecule has 0 aliphatic heterocycles. The second kappa shape index (κ2) is 3.53. The van der Waals surface area contributed by atoms with Crippen LogP contribution in [0.5, 0.6) is 0 Å². The van der Waals surface area contributed by atoms with Gasteiger partial charge >= 0.3 is 0 Å². The number of benzene rings is 1. The van der Waals surface area contributed by atoms with Crippen LogP contribution in [-0.4, -0.2) is 0 Å². The molecule has 0 fully saturated rings. The Labute approximate surface area is 84.8 Å². The van der Waals surface area contributed by atoms with Gasteiger partial charge in [-0.25, -0.2) is 0 Å². The first kappa shape index (κ1) is 7.61. The van der Waals surface area contributed by atoms with E-state index in [1.807, 2.05) is 52.8 Å². The van der Waals surface area contributed by atoms with E-state index in [-0.39, 0.29) is 5.41 Å². The van der Waals surface area contributed by atoms with Gasteiger partial charge in [0.15, 0.2) is 0 Å². The third-order valence-corrected chi connectivity index (χ3v) is 2.03. The fourth-order valence-electron chi connectivity index (χ4n) is 1.25. The van der Waals surface area contributed by atoms with Crippen molar-refractivity contribution in [2.75, 3.05) is 0 Å². The van der Waals surface area contributed by atoms with Gasteiger partial charge in [-0.15, -0.1) is 0 Å². The van der Waals surface area contributed by atoms with Gasteiger partial charge in [0.05, 0.1) is 0 Å². The SMILES string of the molecule is [2H]C([2H])(c1ccc(C)c(C)c1)C(C)(C)C. The molecule has 0 aliphatic carbocycles. The van der Waals surface area contributed by atoms with Crippen LogP contribution in [0.15, 0.2) is 18.2 Å². The molecule has 0 atom stereocenters. The van der Waals surface area contributed by atoms with E-state index >= 15 is 0 Å². The second-order valence-corrected chi connectivity index (χ2v) is 4.67. The molecule has 0 nitrogen and oxygen atoms in total. The van der Waals surface area contributed by atoms with Crippen LogP contribution in [0, 0.1) is 19.3 Å². The van der Waals surface area contributed by atoms with Gasteiger partial charge in [0.1, 0.15) is 0 Å². The Morgan fingerprint density at radius 2 is 1.77 bits per heavy atom. The standard InChI is InChI=1S/C13H20/c1-10-6-7-12(8-11(10)2)9-13(3,4)5/h6-8H,9H2,1-5H3/i9D2. The van der Waals surface area contributed by atoms with Gasteiger partial charge in [-0.05, 0) is 42.3 Å². The Bertz CT molecular complexity index is 359. The maximum Gasteiger partial charge on any atom is 0.0321 e. The van der Waals surface area contributed by atoms with E-state index in [0.29, 0.717) is 0 Å². The molecule has 0 radical (unpaired) electrons. The largest absolute Gasteiger partial charge is 0.0599 e. The Balaban J connectivity index is 3.22. The number of hydrogen-bond acceptors (Lipinski definition) is 0. The zero-order valence-electron chi connectivity index (χ0n) is 11.2. The summed E-state index contributed by atoms with van der Waals surface area (Å²) in [6.07, 6.45) is -1.29. The number of rotatable bonds is 1. The molecule has 0 aliphatic rings. The van der Waals surface area contributed by atoms with Gasteiger partial charge < -0.3 is 0 Å². The van der Waals surface area contributed by atoms with E-state index in [1.54, 1.807) is 0 Å². The summed E-state index contributed by atoms with van der Waals surface area (Å²) in [6.45, 7) is 9.87. The summed E-state index contributed by atoms with van der Waals surface area (Å²) < 4.78 is 16.3. The summed E-state index contributed by atoms with van der Waals surface area (Å²) in [7, 11) is 0. The molecule has 13 heavy (non-hydrogen) atoms. The van der Waals surface area contributed by atoms with Crippen LogP contribution < -0.4 is 0 Å². The van der Waals surface area contributed by atoms with Crippen LogP contribution in [0.4, 0.5) is 0 Å². The molecule has 1 rings (SSSR count). The van der Waals surface area contributed by atoms with Crippen molar-refractivity contribution in [3.8, 4) is 0 Å². The third kappa shape index (κ3) is 3.22. The molecule has 1 aromatic carbocycles. The average Bonchev–Trinajstić information content (AvgIpc) is 2.07. The highest BCUT2D eigenvalue weighted by atomic mass is 14.2. The van der Waals surface area contributed by atoms with Gasteiger partial charge in [-0.3, -0.25) is 0 Å². The lowest BCUT2D eigenvalue weighted by molar-refractivity contribution is 0.411. The van der Waals surface area contributed by atoms with Crippen LogP contribution in [0.3, 0.4) is 0 Å². The van der Waals surface area contributed by atoms with E-state index in [2.05, 4.69) is 0 Å². The van der Waals surface area contributed by atoms with Gasteiger partial charge in [0, 0.05) is 2.74 Å². The molecule has 0 heterocycles. The highest BCUT2D eigenvalue weighted by Gasteiger charge is 2.11. The van der Waals surface area contributed by atoms with Gasteiger partial charge in [0.2, 0.25) is 0 Å². The first-order chi connectivity index (χ1) is 6.66. The first-order valence-corrected chi connectivity index (χ1v) is 4.74. The van der Waals surface area contributed by atoms with Gasteiger partial charge in [0.25, 0.3) is 0 Å². The fraction of sp³-hybridized carbons (Fsp3) is 0.538. The molecule has 0 spiro atoms. The van der Waals surface area contributed by atoms with Crippen LogP contribution in [-0.2, 0) is 6.37 Å². The topological polar surface area (TPSA) is 0 Å². The Hall–Kier alpha value is -0.780. The molecule has 72 valence electrons. The smallest absolute Gasteiger partial charge is 0.0321 e. The summed E-state index contributed by atoms with van der Waals surface area (Å²) in [5, 5.41) is 0. The van der Waals surface area contributed by atoms with Crippen LogP contribution in [0.1, 0.15) is 40.2 Å². The minimum atomic E-state index is -1.29. The van der Waals surface area contributed by atoms with Crippen molar-refractivity contribution in [1.82, 2.24) is 0 Å². The van der Waals surface area contributed by atoms with Crippen molar-refractivity contribution < 1.29 is 2.74 Å². The zero-order valence-corrected chi connectivity index (χ0v) is 9.23. The molecule has 0 heteroatoms. The molecule has 0 aromatic heterocycles. The maximum absolute atomic E-state index is 8.15. The maximum atomic E-state index is 8.15. The zero-order chi connectivity index (χ0) is 11.9. The van der Waals surface area contributed by atoms with Gasteiger partial charge in [-0.1, -0.05) is 39.0 Å². The number of hydrogen-bond donors (Lipinski definition) is 0. The van der Waals surface area contributed by atoms with Crippen molar-refractivity contribution in [2.45, 2.75) is 41.0 Å². The van der Waals surface area contributed by atoms with Crippen molar-refractivity contribution in [3.63, 3.8) is 0 Å². The van der Waals surface area contributed by atoms with Crippen molar-refractivity contribution in [2.24, 2.45) is 5.41 Å². The predicted octanol–water partition coefficient (Wildman–Crippen LogP) is 3.89. The van der Waals surface area contributed by atoms with E-state index in [1.165, 1.54) is 5.56 Å². The summed E-state index contributed by atoms with van der Waals surface area (Å²) in [5.74, 6) is 0. The molecule has 0 unspecified atom stereocenters. The second-order valence-electron chi connectivity index (χ2n) is 4.67. The lowest BCUT2D eigenvalue weighted by Crippen LogP contribution is -2.09. The third-order valence-electron chi connectivity index (χ3n) is 2.03. The quantitative estimate of drug-likeness (QED) is 0.612. The Morgan fingerprint density at radius 1 is 1.15 bits per heavy atom. The average molecular weight is 178 g/mol. The van der Waals surface area contributed by atoms with Gasteiger partial charge in [-0.2, -0.15) is 0 Å². The highest BCUT2D eigenvalue weighted by molar-refractivity contribution is 5.30. The minimum absolute atomic E-state index is 0.380. The van der Waals surface area contributed by atoms with Crippen molar-refractivity contribution >= 4 is 0 Å². The van der Waals surface area contributed by atoms with E-state index in [9.17, 15) is 0 Å². The summed E-state index contributed by atoms with van der Waals surface area (Å²) in [5.41, 5.74) is 2.76. The van der Waals surface area contributed by atoms with Crippen molar-refractivity contribution in [3.05, 3.63) is 34.9 Å². The van der Waals surface area contributed by atoms with Crippen molar-refractivity contribution in [1.29, 1.82) is 0 Å². The molecule has 1 aromatic rings. The van der Waals surface area contributed by atoms with Crippen LogP contribution in [0.2, 0.25) is 0 Å². The van der Waals surface area contributed by atoms with E-state index in [4.69, 9.17) is 2.74 Å². The molecule has 0 bridgehead atoms. The lowest BCUT2D eigenvalue weighted by atomic mass is 9.87. The van der Waals surface area contributed by atoms with E-state index in [0.717, 1.165) is 11.1 Å². The normalized spacial score (nSPS) is 15.2. The van der Waals surface area contributed by atoms with Crippen LogP contribution in [0.25, 0.3) is 0 Å². The molecular weight excluding hydrogens is 156 g/mol. The fourth-order valence-corrected chi connectivity index (χ4v) is 1.25. The molecular formula is C13H20. The Morgan fingerprint density at radius 3 is 2.23 bits per heavy atom. The predicted molar refractivity (Wildman–Crippen MR) is 59.1 cm³/mol. The van der Waals surface area contributed by atoms with E-state index < -0.39 is 6.37 Å². The Kier molecular flexibility index (Phi) is 2.07.